The van der Waals surface area contributed by atoms with Crippen LogP contribution in [0, 0.1) is 11.6 Å². The molecule has 8 nitrogen and oxygen atoms in total. The summed E-state index contributed by atoms with van der Waals surface area (Å²) in [7, 11) is 0. The van der Waals surface area contributed by atoms with E-state index in [9.17, 15) is 23.2 Å². The van der Waals surface area contributed by atoms with E-state index in [1.54, 1.807) is 18.2 Å². The number of carbonyl (C=O) groups is 3. The average Bonchev–Trinajstić information content (AvgIpc) is 3.32. The van der Waals surface area contributed by atoms with Gasteiger partial charge in [-0.05, 0) is 59.8 Å². The quantitative estimate of drug-likeness (QED) is 0.311. The van der Waals surface area contributed by atoms with Crippen LogP contribution >= 0.6 is 11.9 Å². The van der Waals surface area contributed by atoms with Crippen LogP contribution in [0.3, 0.4) is 0 Å². The number of nitrogens with one attached hydrogen (secondary N) is 1. The zero-order valence-corrected chi connectivity index (χ0v) is 23.7. The Labute approximate surface area is 246 Å². The normalized spacial score (nSPS) is 19.6. The molecule has 1 atom stereocenters. The van der Waals surface area contributed by atoms with Crippen molar-refractivity contribution in [2.24, 2.45) is 0 Å². The van der Waals surface area contributed by atoms with Gasteiger partial charge in [-0.25, -0.2) is 13.1 Å². The third-order valence-corrected chi connectivity index (χ3v) is 8.91. The van der Waals surface area contributed by atoms with E-state index in [1.807, 2.05) is 18.2 Å². The van der Waals surface area contributed by atoms with Crippen LogP contribution in [0.15, 0.2) is 65.6 Å². The molecular weight excluding hydrogens is 562 g/mol. The summed E-state index contributed by atoms with van der Waals surface area (Å²) in [5.41, 5.74) is 3.46. The molecule has 0 radical (unpaired) electrons. The fraction of sp³-hybridized carbons (Fsp3) is 0.323. The van der Waals surface area contributed by atoms with Crippen molar-refractivity contribution in [3.8, 4) is 5.75 Å². The van der Waals surface area contributed by atoms with Gasteiger partial charge in [0.15, 0.2) is 11.6 Å². The zero-order valence-electron chi connectivity index (χ0n) is 22.9. The second-order valence-electron chi connectivity index (χ2n) is 10.7. The van der Waals surface area contributed by atoms with Gasteiger partial charge >= 0.3 is 0 Å². The van der Waals surface area contributed by atoms with E-state index >= 15 is 0 Å². The summed E-state index contributed by atoms with van der Waals surface area (Å²) >= 11 is 1.45. The molecule has 42 heavy (non-hydrogen) atoms. The van der Waals surface area contributed by atoms with Crippen LogP contribution in [-0.4, -0.2) is 64.0 Å². The molecule has 0 bridgehead atoms. The van der Waals surface area contributed by atoms with Gasteiger partial charge in [0, 0.05) is 55.2 Å². The molecule has 1 unspecified atom stereocenters. The van der Waals surface area contributed by atoms with Crippen molar-refractivity contribution < 1.29 is 27.9 Å². The molecule has 0 aromatic heterocycles. The van der Waals surface area contributed by atoms with Crippen molar-refractivity contribution in [1.29, 1.82) is 0 Å². The van der Waals surface area contributed by atoms with Crippen molar-refractivity contribution in [3.63, 3.8) is 0 Å². The van der Waals surface area contributed by atoms with E-state index < -0.39 is 23.6 Å². The smallest absolute Gasteiger partial charge is 0.255 e. The molecule has 0 saturated carbocycles. The number of nitrogens with zero attached hydrogens (tertiary/aromatic N) is 3. The minimum Gasteiger partial charge on any atom is -0.489 e. The van der Waals surface area contributed by atoms with Crippen molar-refractivity contribution >= 4 is 29.7 Å². The van der Waals surface area contributed by atoms with Gasteiger partial charge in [0.25, 0.3) is 5.91 Å². The fourth-order valence-electron chi connectivity index (χ4n) is 5.51. The lowest BCUT2D eigenvalue weighted by Crippen LogP contribution is -2.52. The number of halogens is 2. The molecule has 3 aliphatic rings. The Balaban J connectivity index is 0.999. The van der Waals surface area contributed by atoms with Gasteiger partial charge in [0.2, 0.25) is 11.8 Å². The number of ether oxygens (including phenoxy) is 1. The number of hydrogen-bond acceptors (Lipinski definition) is 7. The highest BCUT2D eigenvalue weighted by Crippen LogP contribution is 2.34. The summed E-state index contributed by atoms with van der Waals surface area (Å²) in [4.78, 5) is 41.5. The maximum Gasteiger partial charge on any atom is 0.255 e. The summed E-state index contributed by atoms with van der Waals surface area (Å²) < 4.78 is 35.0. The number of amides is 3. The average molecular weight is 593 g/mol. The maximum atomic E-state index is 13.5. The van der Waals surface area contributed by atoms with E-state index in [-0.39, 0.29) is 24.8 Å². The molecule has 3 heterocycles. The van der Waals surface area contributed by atoms with Crippen LogP contribution in [0.5, 0.6) is 5.75 Å². The van der Waals surface area contributed by atoms with Gasteiger partial charge in [-0.1, -0.05) is 30.3 Å². The summed E-state index contributed by atoms with van der Waals surface area (Å²) in [6.45, 7) is 4.80. The van der Waals surface area contributed by atoms with Crippen LogP contribution in [0.1, 0.15) is 39.9 Å². The SMILES string of the molecule is O=C1CCC(N2Cc3c(OCc4ccc(CN5CCN(Sc6ccc(F)c(F)c6)CC5)cc4)cccc3C2=O)C(=O)N1. The second kappa shape index (κ2) is 12.2. The summed E-state index contributed by atoms with van der Waals surface area (Å²) in [5.74, 6) is -2.02. The Hall–Kier alpha value is -3.80. The fourth-order valence-corrected chi connectivity index (χ4v) is 6.44. The lowest BCUT2D eigenvalue weighted by Gasteiger charge is -2.33. The third kappa shape index (κ3) is 6.18. The molecule has 11 heteroatoms. The van der Waals surface area contributed by atoms with Crippen molar-refractivity contribution in [2.75, 3.05) is 26.2 Å². The molecule has 0 aliphatic carbocycles. The number of piperazine rings is 1. The number of imide groups is 1. The Kier molecular flexibility index (Phi) is 8.23. The molecule has 0 spiro atoms. The molecule has 3 aromatic carbocycles. The minimum atomic E-state index is -0.833. The first kappa shape index (κ1) is 28.3. The summed E-state index contributed by atoms with van der Waals surface area (Å²) in [6.07, 6.45) is 0.532. The van der Waals surface area contributed by atoms with Crippen LogP contribution in [0.4, 0.5) is 8.78 Å². The Morgan fingerprint density at radius 3 is 2.40 bits per heavy atom. The second-order valence-corrected chi connectivity index (χ2v) is 11.8. The molecule has 3 amide bonds. The van der Waals surface area contributed by atoms with Crippen LogP contribution in [0.25, 0.3) is 0 Å². The number of fused-ring (bicyclic) bond motifs is 1. The Morgan fingerprint density at radius 2 is 1.67 bits per heavy atom. The van der Waals surface area contributed by atoms with Gasteiger partial charge in [-0.2, -0.15) is 0 Å². The first-order valence-electron chi connectivity index (χ1n) is 13.9. The minimum absolute atomic E-state index is 0.213. The van der Waals surface area contributed by atoms with E-state index in [4.69, 9.17) is 4.74 Å². The van der Waals surface area contributed by atoms with Gasteiger partial charge in [0.05, 0.1) is 6.54 Å². The summed E-state index contributed by atoms with van der Waals surface area (Å²) in [5, 5.41) is 2.33. The number of carbonyl (C=O) groups excluding carboxylic acids is 3. The topological polar surface area (TPSA) is 82.2 Å². The number of hydrogen-bond donors (Lipinski definition) is 1. The van der Waals surface area contributed by atoms with Crippen molar-refractivity contribution in [2.45, 2.75) is 43.5 Å². The predicted molar refractivity (Wildman–Crippen MR) is 152 cm³/mol. The van der Waals surface area contributed by atoms with Gasteiger partial charge in [-0.15, -0.1) is 0 Å². The molecule has 3 aliphatic heterocycles. The molecule has 2 saturated heterocycles. The van der Waals surface area contributed by atoms with Gasteiger partial charge < -0.3 is 9.64 Å². The lowest BCUT2D eigenvalue weighted by atomic mass is 10.0. The molecular formula is C31H30F2N4O4S. The Bertz CT molecular complexity index is 1510. The Morgan fingerprint density at radius 1 is 0.905 bits per heavy atom. The molecule has 3 aromatic rings. The maximum absolute atomic E-state index is 13.5. The van der Waals surface area contributed by atoms with Crippen molar-refractivity contribution in [3.05, 3.63) is 94.6 Å². The predicted octanol–water partition coefficient (Wildman–Crippen LogP) is 4.13. The molecule has 2 fully saturated rings. The van der Waals surface area contributed by atoms with Crippen LogP contribution in [0.2, 0.25) is 0 Å². The highest BCUT2D eigenvalue weighted by Gasteiger charge is 2.40. The van der Waals surface area contributed by atoms with Crippen LogP contribution in [-0.2, 0) is 29.3 Å². The van der Waals surface area contributed by atoms with E-state index in [0.717, 1.165) is 49.9 Å². The molecule has 218 valence electrons. The first-order chi connectivity index (χ1) is 20.3. The largest absolute Gasteiger partial charge is 0.489 e. The highest BCUT2D eigenvalue weighted by molar-refractivity contribution is 7.97. The van der Waals surface area contributed by atoms with E-state index in [0.29, 0.717) is 29.2 Å². The summed E-state index contributed by atoms with van der Waals surface area (Å²) in [6, 6.07) is 16.9. The number of piperidine rings is 1. The monoisotopic (exact) mass is 592 g/mol. The van der Waals surface area contributed by atoms with Gasteiger partial charge in [-0.3, -0.25) is 24.6 Å². The van der Waals surface area contributed by atoms with Crippen molar-refractivity contribution in [1.82, 2.24) is 19.4 Å². The van der Waals surface area contributed by atoms with Gasteiger partial charge in [0.1, 0.15) is 18.4 Å². The van der Waals surface area contributed by atoms with Crippen LogP contribution < -0.4 is 10.1 Å². The standard InChI is InChI=1S/C31H30F2N4O4S/c32-25-9-8-22(16-26(25)33)42-36-14-12-35(13-15-36)17-20-4-6-21(7-5-20)19-41-28-3-1-2-23-24(28)18-37(31(23)40)27-10-11-29(38)34-30(27)39/h1-9,16,27H,10-15,17-19H2,(H,34,38,39). The molecule has 6 rings (SSSR count). The lowest BCUT2D eigenvalue weighted by molar-refractivity contribution is -0.136. The van der Waals surface area contributed by atoms with E-state index in [1.165, 1.54) is 28.5 Å². The zero-order chi connectivity index (χ0) is 29.2. The molecule has 1 N–H and O–H groups in total. The highest BCUT2D eigenvalue weighted by atomic mass is 32.2. The first-order valence-corrected chi connectivity index (χ1v) is 14.7. The number of rotatable bonds is 8. The number of benzene rings is 3. The third-order valence-electron chi connectivity index (χ3n) is 7.82. The van der Waals surface area contributed by atoms with E-state index in [2.05, 4.69) is 26.7 Å².